The molecule has 0 aliphatic heterocycles. The summed E-state index contributed by atoms with van der Waals surface area (Å²) < 4.78 is 0. The van der Waals surface area contributed by atoms with Crippen LogP contribution in [0, 0.1) is 6.92 Å². The highest BCUT2D eigenvalue weighted by Crippen LogP contribution is 2.15. The van der Waals surface area contributed by atoms with Crippen molar-refractivity contribution in [2.75, 3.05) is 5.32 Å². The molecule has 0 saturated heterocycles. The Balaban J connectivity index is 1.72. The van der Waals surface area contributed by atoms with Crippen molar-refractivity contribution in [3.8, 4) is 0 Å². The molecular weight excluding hydrogens is 326 g/mol. The molecule has 2 N–H and O–H groups in total. The van der Waals surface area contributed by atoms with Gasteiger partial charge in [-0.25, -0.2) is 5.43 Å². The summed E-state index contributed by atoms with van der Waals surface area (Å²) >= 11 is 5.84. The highest BCUT2D eigenvalue weighted by atomic mass is 35.5. The first-order chi connectivity index (χ1) is 11.5. The molecule has 5 nitrogen and oxygen atoms in total. The quantitative estimate of drug-likeness (QED) is 0.622. The van der Waals surface area contributed by atoms with Crippen LogP contribution in [0.4, 0.5) is 5.69 Å². The van der Waals surface area contributed by atoms with E-state index < -0.39 is 0 Å². The number of amides is 2. The third-order valence-corrected chi connectivity index (χ3v) is 3.40. The summed E-state index contributed by atoms with van der Waals surface area (Å²) in [5, 5.41) is 7.09. The van der Waals surface area contributed by atoms with Crippen LogP contribution >= 0.6 is 11.6 Å². The van der Waals surface area contributed by atoms with Crippen LogP contribution in [0.1, 0.15) is 24.0 Å². The molecule has 124 valence electrons. The second-order valence-electron chi connectivity index (χ2n) is 5.26. The van der Waals surface area contributed by atoms with E-state index in [1.54, 1.807) is 30.5 Å². The number of halogens is 1. The molecular formula is C18H18ClN3O2. The summed E-state index contributed by atoms with van der Waals surface area (Å²) in [4.78, 5) is 23.5. The second kappa shape index (κ2) is 8.84. The Bertz CT molecular complexity index is 742. The molecule has 24 heavy (non-hydrogen) atoms. The first-order valence-corrected chi connectivity index (χ1v) is 7.85. The Kier molecular flexibility index (Phi) is 6.51. The van der Waals surface area contributed by atoms with Crippen LogP contribution in [-0.2, 0) is 9.59 Å². The van der Waals surface area contributed by atoms with Crippen LogP contribution in [0.15, 0.2) is 53.6 Å². The second-order valence-corrected chi connectivity index (χ2v) is 5.70. The lowest BCUT2D eigenvalue weighted by molar-refractivity contribution is -0.124. The van der Waals surface area contributed by atoms with Crippen molar-refractivity contribution in [1.29, 1.82) is 0 Å². The number of rotatable bonds is 6. The SMILES string of the molecule is Cc1ccc(C=NNC(=O)CCC(=O)Nc2cccc(Cl)c2)cc1. The van der Waals surface area contributed by atoms with Gasteiger partial charge in [0, 0.05) is 23.6 Å². The van der Waals surface area contributed by atoms with Gasteiger partial charge >= 0.3 is 0 Å². The van der Waals surface area contributed by atoms with Crippen LogP contribution in [0.2, 0.25) is 5.02 Å². The summed E-state index contributed by atoms with van der Waals surface area (Å²) in [6.45, 7) is 2.00. The standard InChI is InChI=1S/C18H18ClN3O2/c1-13-5-7-14(8-6-13)12-20-22-18(24)10-9-17(23)21-16-4-2-3-15(19)11-16/h2-8,11-12H,9-10H2,1H3,(H,21,23)(H,22,24). The van der Waals surface area contributed by atoms with E-state index in [1.807, 2.05) is 31.2 Å². The van der Waals surface area contributed by atoms with Crippen molar-refractivity contribution >= 4 is 35.3 Å². The molecule has 0 heterocycles. The molecule has 0 aromatic heterocycles. The van der Waals surface area contributed by atoms with Crippen molar-refractivity contribution in [2.45, 2.75) is 19.8 Å². The van der Waals surface area contributed by atoms with Crippen LogP contribution in [0.5, 0.6) is 0 Å². The Labute approximate surface area is 145 Å². The van der Waals surface area contributed by atoms with Gasteiger partial charge in [-0.1, -0.05) is 47.5 Å². The number of nitrogens with zero attached hydrogens (tertiary/aromatic N) is 1. The fourth-order valence-corrected chi connectivity index (χ4v) is 2.09. The Morgan fingerprint density at radius 3 is 2.50 bits per heavy atom. The first-order valence-electron chi connectivity index (χ1n) is 7.47. The largest absolute Gasteiger partial charge is 0.326 e. The predicted molar refractivity (Wildman–Crippen MR) is 96.2 cm³/mol. The lowest BCUT2D eigenvalue weighted by Gasteiger charge is -2.05. The zero-order chi connectivity index (χ0) is 17.4. The number of anilines is 1. The number of hydrazone groups is 1. The van der Waals surface area contributed by atoms with Crippen LogP contribution in [0.3, 0.4) is 0 Å². The van der Waals surface area contributed by atoms with Crippen molar-refractivity contribution in [1.82, 2.24) is 5.43 Å². The van der Waals surface area contributed by atoms with E-state index in [0.29, 0.717) is 10.7 Å². The summed E-state index contributed by atoms with van der Waals surface area (Å²) in [6, 6.07) is 14.6. The van der Waals surface area contributed by atoms with Crippen molar-refractivity contribution in [3.63, 3.8) is 0 Å². The molecule has 0 saturated carbocycles. The normalized spacial score (nSPS) is 10.6. The number of hydrogen-bond donors (Lipinski definition) is 2. The smallest absolute Gasteiger partial charge is 0.240 e. The van der Waals surface area contributed by atoms with E-state index in [9.17, 15) is 9.59 Å². The van der Waals surface area contributed by atoms with E-state index >= 15 is 0 Å². The van der Waals surface area contributed by atoms with Gasteiger partial charge in [0.15, 0.2) is 0 Å². The Hall–Kier alpha value is -2.66. The molecule has 0 bridgehead atoms. The average molecular weight is 344 g/mol. The maximum Gasteiger partial charge on any atom is 0.240 e. The van der Waals surface area contributed by atoms with Gasteiger partial charge in [-0.2, -0.15) is 5.10 Å². The minimum absolute atomic E-state index is 0.0532. The molecule has 6 heteroatoms. The molecule has 2 amide bonds. The van der Waals surface area contributed by atoms with Crippen molar-refractivity contribution in [2.24, 2.45) is 5.10 Å². The molecule has 0 aliphatic rings. The van der Waals surface area contributed by atoms with Gasteiger partial charge in [-0.15, -0.1) is 0 Å². The highest BCUT2D eigenvalue weighted by molar-refractivity contribution is 6.30. The zero-order valence-corrected chi connectivity index (χ0v) is 14.0. The summed E-state index contributed by atoms with van der Waals surface area (Å²) in [7, 11) is 0. The maximum atomic E-state index is 11.8. The number of hydrogen-bond acceptors (Lipinski definition) is 3. The minimum Gasteiger partial charge on any atom is -0.326 e. The maximum absolute atomic E-state index is 11.8. The van der Waals surface area contributed by atoms with Crippen molar-refractivity contribution in [3.05, 3.63) is 64.7 Å². The van der Waals surface area contributed by atoms with E-state index in [1.165, 1.54) is 0 Å². The third-order valence-electron chi connectivity index (χ3n) is 3.17. The third kappa shape index (κ3) is 6.22. The average Bonchev–Trinajstić information content (AvgIpc) is 2.55. The molecule has 0 fully saturated rings. The van der Waals surface area contributed by atoms with Crippen LogP contribution in [-0.4, -0.2) is 18.0 Å². The van der Waals surface area contributed by atoms with Gasteiger partial charge in [-0.05, 0) is 30.7 Å². The summed E-state index contributed by atoms with van der Waals surface area (Å²) in [6.07, 6.45) is 1.68. The predicted octanol–water partition coefficient (Wildman–Crippen LogP) is 3.52. The zero-order valence-electron chi connectivity index (χ0n) is 13.3. The van der Waals surface area contributed by atoms with Crippen molar-refractivity contribution < 1.29 is 9.59 Å². The van der Waals surface area contributed by atoms with Crippen LogP contribution in [0.25, 0.3) is 0 Å². The highest BCUT2D eigenvalue weighted by Gasteiger charge is 2.06. The molecule has 0 radical (unpaired) electrons. The molecule has 0 atom stereocenters. The lowest BCUT2D eigenvalue weighted by atomic mass is 10.2. The van der Waals surface area contributed by atoms with Gasteiger partial charge in [0.2, 0.25) is 11.8 Å². The summed E-state index contributed by atoms with van der Waals surface area (Å²) in [5.74, 6) is -0.575. The Morgan fingerprint density at radius 1 is 1.08 bits per heavy atom. The van der Waals surface area contributed by atoms with Gasteiger partial charge in [0.1, 0.15) is 0 Å². The fraction of sp³-hybridized carbons (Fsp3) is 0.167. The number of benzene rings is 2. The topological polar surface area (TPSA) is 70.6 Å². The monoisotopic (exact) mass is 343 g/mol. The fourth-order valence-electron chi connectivity index (χ4n) is 1.90. The van der Waals surface area contributed by atoms with E-state index in [-0.39, 0.29) is 24.7 Å². The van der Waals surface area contributed by atoms with Gasteiger partial charge in [0.05, 0.1) is 6.21 Å². The number of nitrogens with one attached hydrogen (secondary N) is 2. The van der Waals surface area contributed by atoms with Crippen LogP contribution < -0.4 is 10.7 Å². The molecule has 2 aromatic carbocycles. The van der Waals surface area contributed by atoms with E-state index in [4.69, 9.17) is 11.6 Å². The van der Waals surface area contributed by atoms with Gasteiger partial charge in [-0.3, -0.25) is 9.59 Å². The van der Waals surface area contributed by atoms with E-state index in [0.717, 1.165) is 11.1 Å². The van der Waals surface area contributed by atoms with Gasteiger partial charge < -0.3 is 5.32 Å². The number of aryl methyl sites for hydroxylation is 1. The number of carbonyl (C=O) groups is 2. The molecule has 0 aliphatic carbocycles. The number of carbonyl (C=O) groups excluding carboxylic acids is 2. The molecule has 0 spiro atoms. The molecule has 2 rings (SSSR count). The van der Waals surface area contributed by atoms with Gasteiger partial charge in [0.25, 0.3) is 0 Å². The molecule has 2 aromatic rings. The van der Waals surface area contributed by atoms with E-state index in [2.05, 4.69) is 15.8 Å². The summed E-state index contributed by atoms with van der Waals surface area (Å²) in [5.41, 5.74) is 5.05. The minimum atomic E-state index is -0.320. The Morgan fingerprint density at radius 2 is 1.79 bits per heavy atom. The first kappa shape index (κ1) is 17.7. The molecule has 0 unspecified atom stereocenters. The lowest BCUT2D eigenvalue weighted by Crippen LogP contribution is -2.20.